The molecule has 0 unspecified atom stereocenters. The molecular weight excluding hydrogens is 350 g/mol. The van der Waals surface area contributed by atoms with Gasteiger partial charge in [-0.1, -0.05) is 13.0 Å². The van der Waals surface area contributed by atoms with Gasteiger partial charge in [0.1, 0.15) is 0 Å². The van der Waals surface area contributed by atoms with E-state index < -0.39 is 0 Å². The lowest BCUT2D eigenvalue weighted by atomic mass is 9.94. The van der Waals surface area contributed by atoms with Gasteiger partial charge < -0.3 is 19.5 Å². The van der Waals surface area contributed by atoms with Crippen molar-refractivity contribution in [2.45, 2.75) is 38.8 Å². The summed E-state index contributed by atoms with van der Waals surface area (Å²) in [6.45, 7) is 4.65. The fourth-order valence-electron chi connectivity index (χ4n) is 2.08. The van der Waals surface area contributed by atoms with Crippen LogP contribution < -0.4 is 14.8 Å². The largest absolute Gasteiger partial charge is 0.493 e. The number of carbonyl (C=O) groups excluding carboxylic acids is 1. The van der Waals surface area contributed by atoms with E-state index in [4.69, 9.17) is 14.2 Å². The average Bonchev–Trinajstić information content (AvgIpc) is 2.53. The van der Waals surface area contributed by atoms with E-state index in [9.17, 15) is 4.79 Å². The van der Waals surface area contributed by atoms with Gasteiger partial charge in [0.15, 0.2) is 11.5 Å². The van der Waals surface area contributed by atoms with Crippen molar-refractivity contribution in [2.24, 2.45) is 0 Å². The molecule has 1 aromatic carbocycles. The standard InChI is InChI=1S/C16H24BrNO4/c1-6-16(2,9-13(19)21-4)18-10-11-7-8-12(20-3)15(22-5)14(11)17/h7-8,18H,6,9-10H2,1-5H3/t16-/m0/s1. The summed E-state index contributed by atoms with van der Waals surface area (Å²) in [6.07, 6.45) is 1.14. The predicted molar refractivity (Wildman–Crippen MR) is 89.4 cm³/mol. The van der Waals surface area contributed by atoms with E-state index in [1.54, 1.807) is 14.2 Å². The number of hydrogen-bond donors (Lipinski definition) is 1. The summed E-state index contributed by atoms with van der Waals surface area (Å²) in [5.41, 5.74) is 0.710. The van der Waals surface area contributed by atoms with Crippen LogP contribution in [-0.4, -0.2) is 32.8 Å². The third-order valence-electron chi connectivity index (χ3n) is 3.81. The first kappa shape index (κ1) is 18.8. The maximum Gasteiger partial charge on any atom is 0.307 e. The van der Waals surface area contributed by atoms with E-state index in [1.165, 1.54) is 7.11 Å². The first-order chi connectivity index (χ1) is 10.4. The number of halogens is 1. The highest BCUT2D eigenvalue weighted by molar-refractivity contribution is 9.10. The summed E-state index contributed by atoms with van der Waals surface area (Å²) in [7, 11) is 4.61. The quantitative estimate of drug-likeness (QED) is 0.708. The second-order valence-electron chi connectivity index (χ2n) is 5.29. The van der Waals surface area contributed by atoms with Gasteiger partial charge in [-0.15, -0.1) is 0 Å². The van der Waals surface area contributed by atoms with Crippen LogP contribution in [0, 0.1) is 0 Å². The maximum atomic E-state index is 11.5. The van der Waals surface area contributed by atoms with Gasteiger partial charge in [0.25, 0.3) is 0 Å². The zero-order chi connectivity index (χ0) is 16.8. The van der Waals surface area contributed by atoms with Crippen molar-refractivity contribution in [2.75, 3.05) is 21.3 Å². The van der Waals surface area contributed by atoms with E-state index in [1.807, 2.05) is 26.0 Å². The molecule has 0 fully saturated rings. The molecule has 22 heavy (non-hydrogen) atoms. The molecule has 0 amide bonds. The van der Waals surface area contributed by atoms with Gasteiger partial charge in [-0.2, -0.15) is 0 Å². The van der Waals surface area contributed by atoms with Crippen molar-refractivity contribution < 1.29 is 19.0 Å². The second kappa shape index (κ2) is 8.39. The van der Waals surface area contributed by atoms with Crippen molar-refractivity contribution in [3.05, 3.63) is 22.2 Å². The van der Waals surface area contributed by atoms with E-state index in [-0.39, 0.29) is 11.5 Å². The molecule has 0 bridgehead atoms. The highest BCUT2D eigenvalue weighted by atomic mass is 79.9. The zero-order valence-electron chi connectivity index (χ0n) is 13.8. The Kier molecular flexibility index (Phi) is 7.16. The van der Waals surface area contributed by atoms with Crippen molar-refractivity contribution in [1.82, 2.24) is 5.32 Å². The molecule has 0 aromatic heterocycles. The number of ether oxygens (including phenoxy) is 3. The summed E-state index contributed by atoms with van der Waals surface area (Å²) in [4.78, 5) is 11.5. The van der Waals surface area contributed by atoms with Crippen LogP contribution in [0.5, 0.6) is 11.5 Å². The highest BCUT2D eigenvalue weighted by Gasteiger charge is 2.26. The number of hydrogen-bond acceptors (Lipinski definition) is 5. The van der Waals surface area contributed by atoms with Crippen LogP contribution in [-0.2, 0) is 16.1 Å². The van der Waals surface area contributed by atoms with E-state index >= 15 is 0 Å². The molecule has 1 atom stereocenters. The number of rotatable bonds is 8. The van der Waals surface area contributed by atoms with Crippen LogP contribution in [0.3, 0.4) is 0 Å². The molecule has 0 radical (unpaired) electrons. The molecule has 1 aromatic rings. The van der Waals surface area contributed by atoms with Crippen molar-refractivity contribution in [1.29, 1.82) is 0 Å². The summed E-state index contributed by atoms with van der Waals surface area (Å²) >= 11 is 3.55. The van der Waals surface area contributed by atoms with Gasteiger partial charge in [-0.25, -0.2) is 0 Å². The minimum Gasteiger partial charge on any atom is -0.493 e. The van der Waals surface area contributed by atoms with Crippen LogP contribution in [0.25, 0.3) is 0 Å². The first-order valence-electron chi connectivity index (χ1n) is 7.12. The first-order valence-corrected chi connectivity index (χ1v) is 7.91. The summed E-state index contributed by atoms with van der Waals surface area (Å²) in [6, 6.07) is 3.83. The van der Waals surface area contributed by atoms with Crippen LogP contribution in [0.2, 0.25) is 0 Å². The Morgan fingerprint density at radius 1 is 1.27 bits per heavy atom. The lowest BCUT2D eigenvalue weighted by Crippen LogP contribution is -2.43. The molecule has 0 saturated heterocycles. The summed E-state index contributed by atoms with van der Waals surface area (Å²) in [5, 5.41) is 3.43. The predicted octanol–water partition coefficient (Wildman–Crippen LogP) is 3.29. The lowest BCUT2D eigenvalue weighted by Gasteiger charge is -2.29. The van der Waals surface area contributed by atoms with Gasteiger partial charge in [-0.05, 0) is 40.9 Å². The Balaban J connectivity index is 2.88. The number of methoxy groups -OCH3 is 3. The number of carbonyl (C=O) groups is 1. The SMILES string of the molecule is CC[C@@](C)(CC(=O)OC)NCc1ccc(OC)c(OC)c1Br. The van der Waals surface area contributed by atoms with Crippen molar-refractivity contribution >= 4 is 21.9 Å². The van der Waals surface area contributed by atoms with Crippen LogP contribution in [0.4, 0.5) is 0 Å². The number of esters is 1. The summed E-state index contributed by atoms with van der Waals surface area (Å²) in [5.74, 6) is 1.11. The molecule has 0 aliphatic heterocycles. The fourth-order valence-corrected chi connectivity index (χ4v) is 2.71. The third-order valence-corrected chi connectivity index (χ3v) is 4.68. The number of nitrogens with one attached hydrogen (secondary N) is 1. The zero-order valence-corrected chi connectivity index (χ0v) is 15.4. The van der Waals surface area contributed by atoms with Crippen LogP contribution in [0.1, 0.15) is 32.3 Å². The molecule has 5 nitrogen and oxygen atoms in total. The molecule has 0 spiro atoms. The van der Waals surface area contributed by atoms with Crippen LogP contribution in [0.15, 0.2) is 16.6 Å². The Bertz CT molecular complexity index is 521. The summed E-state index contributed by atoms with van der Waals surface area (Å²) < 4.78 is 16.3. The molecule has 0 heterocycles. The van der Waals surface area contributed by atoms with E-state index in [0.717, 1.165) is 16.5 Å². The smallest absolute Gasteiger partial charge is 0.307 e. The molecule has 1 N–H and O–H groups in total. The van der Waals surface area contributed by atoms with E-state index in [0.29, 0.717) is 24.5 Å². The van der Waals surface area contributed by atoms with Crippen molar-refractivity contribution in [3.63, 3.8) is 0 Å². The fraction of sp³-hybridized carbons (Fsp3) is 0.562. The monoisotopic (exact) mass is 373 g/mol. The maximum absolute atomic E-state index is 11.5. The third kappa shape index (κ3) is 4.61. The lowest BCUT2D eigenvalue weighted by molar-refractivity contribution is -0.142. The van der Waals surface area contributed by atoms with Gasteiger partial charge in [0, 0.05) is 12.1 Å². The van der Waals surface area contributed by atoms with Gasteiger partial charge in [0.05, 0.1) is 32.2 Å². The highest BCUT2D eigenvalue weighted by Crippen LogP contribution is 2.37. The molecule has 1 rings (SSSR count). The van der Waals surface area contributed by atoms with Gasteiger partial charge in [0.2, 0.25) is 0 Å². The normalized spacial score (nSPS) is 13.4. The molecule has 124 valence electrons. The minimum atomic E-state index is -0.320. The van der Waals surface area contributed by atoms with E-state index in [2.05, 4.69) is 21.2 Å². The van der Waals surface area contributed by atoms with Crippen molar-refractivity contribution in [3.8, 4) is 11.5 Å². The molecule has 0 saturated carbocycles. The Morgan fingerprint density at radius 2 is 1.95 bits per heavy atom. The Labute approximate surface area is 140 Å². The average molecular weight is 374 g/mol. The molecule has 0 aliphatic rings. The molecule has 0 aliphatic carbocycles. The second-order valence-corrected chi connectivity index (χ2v) is 6.09. The topological polar surface area (TPSA) is 56.8 Å². The van der Waals surface area contributed by atoms with Gasteiger partial charge >= 0.3 is 5.97 Å². The Hall–Kier alpha value is -1.27. The van der Waals surface area contributed by atoms with Crippen LogP contribution >= 0.6 is 15.9 Å². The number of benzene rings is 1. The Morgan fingerprint density at radius 3 is 2.45 bits per heavy atom. The van der Waals surface area contributed by atoms with Gasteiger partial charge in [-0.3, -0.25) is 4.79 Å². The molecular formula is C16H24BrNO4. The molecule has 6 heteroatoms. The minimum absolute atomic E-state index is 0.219.